The molecule has 1 aliphatic heterocycles. The fourth-order valence-electron chi connectivity index (χ4n) is 4.33. The number of piperidine rings is 1. The summed E-state index contributed by atoms with van der Waals surface area (Å²) in [6.07, 6.45) is 4.71. The van der Waals surface area contributed by atoms with Crippen LogP contribution in [0, 0.1) is 5.82 Å². The molecule has 0 saturated carbocycles. The number of hydrogen-bond acceptors (Lipinski definition) is 9. The Balaban J connectivity index is 1.20. The minimum atomic E-state index is -1.34. The Morgan fingerprint density at radius 2 is 1.84 bits per heavy atom. The van der Waals surface area contributed by atoms with Crippen LogP contribution in [-0.2, 0) is 11.3 Å². The molecule has 0 radical (unpaired) electrons. The van der Waals surface area contributed by atoms with Crippen molar-refractivity contribution in [3.8, 4) is 28.8 Å². The number of alkyl halides is 1. The number of ether oxygens (including phenoxy) is 3. The first-order valence-electron chi connectivity index (χ1n) is 13.5. The zero-order valence-electron chi connectivity index (χ0n) is 23.2. The van der Waals surface area contributed by atoms with E-state index in [1.807, 2.05) is 30.3 Å². The van der Waals surface area contributed by atoms with E-state index >= 15 is 0 Å². The molecule has 5 rings (SSSR count). The van der Waals surface area contributed by atoms with Crippen LogP contribution in [-0.4, -0.2) is 68.7 Å². The Hall–Kier alpha value is -5.20. The van der Waals surface area contributed by atoms with Gasteiger partial charge in [-0.2, -0.15) is 0 Å². The van der Waals surface area contributed by atoms with Gasteiger partial charge in [0.15, 0.2) is 11.6 Å². The highest BCUT2D eigenvalue weighted by molar-refractivity contribution is 5.94. The number of hydrogen-bond donors (Lipinski definition) is 1. The van der Waals surface area contributed by atoms with Gasteiger partial charge in [0.05, 0.1) is 30.6 Å². The van der Waals surface area contributed by atoms with E-state index in [0.717, 1.165) is 11.8 Å². The van der Waals surface area contributed by atoms with Gasteiger partial charge in [-0.3, -0.25) is 9.78 Å². The summed E-state index contributed by atoms with van der Waals surface area (Å²) in [5.74, 6) is -0.419. The van der Waals surface area contributed by atoms with Crippen molar-refractivity contribution < 1.29 is 32.6 Å². The summed E-state index contributed by atoms with van der Waals surface area (Å²) in [4.78, 5) is 43.4. The van der Waals surface area contributed by atoms with Crippen molar-refractivity contribution in [1.29, 1.82) is 0 Å². The lowest BCUT2D eigenvalue weighted by Crippen LogP contribution is -2.55. The van der Waals surface area contributed by atoms with Crippen LogP contribution in [0.15, 0.2) is 73.4 Å². The molecule has 0 spiro atoms. The second kappa shape index (κ2) is 13.6. The number of likely N-dealkylation sites (tertiary alicyclic amines) is 1. The minimum Gasteiger partial charge on any atom is -0.488 e. The van der Waals surface area contributed by atoms with Crippen molar-refractivity contribution in [1.82, 2.24) is 30.2 Å². The smallest absolute Gasteiger partial charge is 0.410 e. The molecular formula is C30H28F2N6O5. The van der Waals surface area contributed by atoms with Gasteiger partial charge >= 0.3 is 6.09 Å². The standard InChI is InChI=1S/C30H28F2N6O5/c1-2-41-26-11-22(31)15-36-29(26)43-23-10-20(12-33-16-23)27-34-13-21(14-35-27)28(39)37-25-17-38(9-8-24(25)32)30(40)42-18-19-6-4-3-5-7-19/h3-7,10-16,24-25H,2,8-9,17-18H2,1H3,(H,37,39). The molecule has 1 saturated heterocycles. The highest BCUT2D eigenvalue weighted by atomic mass is 19.1. The van der Waals surface area contributed by atoms with E-state index in [1.54, 1.807) is 13.0 Å². The van der Waals surface area contributed by atoms with Crippen molar-refractivity contribution in [3.63, 3.8) is 0 Å². The molecular weight excluding hydrogens is 562 g/mol. The van der Waals surface area contributed by atoms with Gasteiger partial charge in [0, 0.05) is 43.3 Å². The lowest BCUT2D eigenvalue weighted by molar-refractivity contribution is 0.0591. The van der Waals surface area contributed by atoms with E-state index in [0.29, 0.717) is 12.2 Å². The minimum absolute atomic E-state index is 0.0359. The number of rotatable bonds is 9. The third kappa shape index (κ3) is 7.56. The first-order chi connectivity index (χ1) is 20.9. The van der Waals surface area contributed by atoms with Gasteiger partial charge in [0.1, 0.15) is 24.3 Å². The largest absolute Gasteiger partial charge is 0.488 e. The van der Waals surface area contributed by atoms with Crippen LogP contribution in [0.5, 0.6) is 17.4 Å². The van der Waals surface area contributed by atoms with Crippen molar-refractivity contribution >= 4 is 12.0 Å². The van der Waals surface area contributed by atoms with Gasteiger partial charge in [-0.05, 0) is 25.0 Å². The number of benzene rings is 1. The number of nitrogens with zero attached hydrogens (tertiary/aromatic N) is 5. The van der Waals surface area contributed by atoms with E-state index in [9.17, 15) is 18.4 Å². The molecule has 0 aliphatic carbocycles. The summed E-state index contributed by atoms with van der Waals surface area (Å²) >= 11 is 0. The Kier molecular flexibility index (Phi) is 9.29. The van der Waals surface area contributed by atoms with Gasteiger partial charge in [-0.15, -0.1) is 0 Å². The summed E-state index contributed by atoms with van der Waals surface area (Å²) in [6.45, 7) is 2.28. The zero-order chi connectivity index (χ0) is 30.2. The Labute approximate surface area is 245 Å². The molecule has 3 aromatic heterocycles. The first kappa shape index (κ1) is 29.3. The average Bonchev–Trinajstić information content (AvgIpc) is 3.03. The number of carbonyl (C=O) groups excluding carboxylic acids is 2. The van der Waals surface area contributed by atoms with E-state index in [4.69, 9.17) is 14.2 Å². The monoisotopic (exact) mass is 590 g/mol. The van der Waals surface area contributed by atoms with Crippen LogP contribution in [0.4, 0.5) is 13.6 Å². The van der Waals surface area contributed by atoms with E-state index in [-0.39, 0.29) is 54.9 Å². The molecule has 1 aliphatic rings. The molecule has 2 unspecified atom stereocenters. The first-order valence-corrected chi connectivity index (χ1v) is 13.5. The SMILES string of the molecule is CCOc1cc(F)cnc1Oc1cncc(-c2ncc(C(=O)NC3CN(C(=O)OCc4ccccc4)CCC3F)cn2)c1. The maximum atomic E-state index is 14.7. The lowest BCUT2D eigenvalue weighted by atomic mass is 10.0. The maximum Gasteiger partial charge on any atom is 0.410 e. The summed E-state index contributed by atoms with van der Waals surface area (Å²) in [6, 6.07) is 11.1. The third-order valence-corrected chi connectivity index (χ3v) is 6.49. The van der Waals surface area contributed by atoms with Crippen LogP contribution in [0.25, 0.3) is 11.4 Å². The lowest BCUT2D eigenvalue weighted by Gasteiger charge is -2.34. The maximum absolute atomic E-state index is 14.7. The second-order valence-electron chi connectivity index (χ2n) is 9.57. The van der Waals surface area contributed by atoms with E-state index < -0.39 is 30.0 Å². The van der Waals surface area contributed by atoms with Crippen LogP contribution >= 0.6 is 0 Å². The molecule has 0 bridgehead atoms. The summed E-state index contributed by atoms with van der Waals surface area (Å²) in [7, 11) is 0. The Morgan fingerprint density at radius 3 is 2.60 bits per heavy atom. The fraction of sp³-hybridized carbons (Fsp3) is 0.267. The molecule has 11 nitrogen and oxygen atoms in total. The average molecular weight is 591 g/mol. The van der Waals surface area contributed by atoms with Crippen molar-refractivity contribution in [2.24, 2.45) is 0 Å². The molecule has 4 heterocycles. The molecule has 1 fully saturated rings. The second-order valence-corrected chi connectivity index (χ2v) is 9.57. The predicted molar refractivity (Wildman–Crippen MR) is 150 cm³/mol. The van der Waals surface area contributed by atoms with Crippen molar-refractivity contribution in [2.45, 2.75) is 32.2 Å². The molecule has 1 N–H and O–H groups in total. The van der Waals surface area contributed by atoms with Gasteiger partial charge in [-0.25, -0.2) is 28.5 Å². The van der Waals surface area contributed by atoms with Gasteiger partial charge in [0.2, 0.25) is 0 Å². The van der Waals surface area contributed by atoms with Crippen molar-refractivity contribution in [3.05, 3.63) is 90.4 Å². The van der Waals surface area contributed by atoms with Crippen molar-refractivity contribution in [2.75, 3.05) is 19.7 Å². The van der Waals surface area contributed by atoms with E-state index in [1.165, 1.54) is 35.8 Å². The number of halogens is 2. The van der Waals surface area contributed by atoms with Crippen LogP contribution < -0.4 is 14.8 Å². The number of carbonyl (C=O) groups is 2. The summed E-state index contributed by atoms with van der Waals surface area (Å²) in [5.41, 5.74) is 1.42. The number of pyridine rings is 2. The molecule has 222 valence electrons. The summed E-state index contributed by atoms with van der Waals surface area (Å²) < 4.78 is 44.8. The number of nitrogens with one attached hydrogen (secondary N) is 1. The summed E-state index contributed by atoms with van der Waals surface area (Å²) in [5, 5.41) is 2.64. The molecule has 2 amide bonds. The predicted octanol–water partition coefficient (Wildman–Crippen LogP) is 4.74. The fourth-order valence-corrected chi connectivity index (χ4v) is 4.33. The molecule has 2 atom stereocenters. The highest BCUT2D eigenvalue weighted by Gasteiger charge is 2.33. The normalized spacial score (nSPS) is 16.3. The van der Waals surface area contributed by atoms with Gasteiger partial charge in [-0.1, -0.05) is 30.3 Å². The number of amides is 2. The third-order valence-electron chi connectivity index (χ3n) is 6.49. The van der Waals surface area contributed by atoms with Crippen LogP contribution in [0.2, 0.25) is 0 Å². The Bertz CT molecular complexity index is 1560. The molecule has 4 aromatic rings. The van der Waals surface area contributed by atoms with Gasteiger partial charge in [0.25, 0.3) is 11.8 Å². The van der Waals surface area contributed by atoms with Crippen LogP contribution in [0.1, 0.15) is 29.3 Å². The highest BCUT2D eigenvalue weighted by Crippen LogP contribution is 2.31. The van der Waals surface area contributed by atoms with Crippen LogP contribution in [0.3, 0.4) is 0 Å². The molecule has 1 aromatic carbocycles. The quantitative estimate of drug-likeness (QED) is 0.294. The van der Waals surface area contributed by atoms with E-state index in [2.05, 4.69) is 25.3 Å². The topological polar surface area (TPSA) is 129 Å². The Morgan fingerprint density at radius 1 is 1.05 bits per heavy atom. The van der Waals surface area contributed by atoms with Gasteiger partial charge < -0.3 is 24.4 Å². The zero-order valence-corrected chi connectivity index (χ0v) is 23.2. The molecule has 43 heavy (non-hydrogen) atoms. The number of aromatic nitrogens is 4. The molecule has 13 heteroatoms.